The van der Waals surface area contributed by atoms with E-state index in [4.69, 9.17) is 18.0 Å². The molecular weight excluding hydrogens is 244 g/mol. The molecule has 1 unspecified atom stereocenters. The Kier molecular flexibility index (Phi) is 5.50. The van der Waals surface area contributed by atoms with E-state index in [2.05, 4.69) is 42.7 Å². The van der Waals surface area contributed by atoms with Gasteiger partial charge in [0.2, 0.25) is 0 Å². The van der Waals surface area contributed by atoms with Gasteiger partial charge in [0.25, 0.3) is 0 Å². The van der Waals surface area contributed by atoms with Gasteiger partial charge >= 0.3 is 0 Å². The van der Waals surface area contributed by atoms with Gasteiger partial charge in [-0.15, -0.1) is 0 Å². The minimum atomic E-state index is 0.387. The van der Waals surface area contributed by atoms with Crippen LogP contribution in [0.2, 0.25) is 0 Å². The van der Waals surface area contributed by atoms with Crippen LogP contribution in [0.25, 0.3) is 0 Å². The fraction of sp³-hybridized carbons (Fsp3) is 0.538. The number of thiocarbonyl (C=S) groups is 1. The molecule has 1 aromatic rings. The van der Waals surface area contributed by atoms with Crippen molar-refractivity contribution in [2.45, 2.75) is 19.9 Å². The summed E-state index contributed by atoms with van der Waals surface area (Å²) in [6, 6.07) is 4.31. The lowest BCUT2D eigenvalue weighted by Crippen LogP contribution is -2.40. The van der Waals surface area contributed by atoms with Crippen LogP contribution in [0.1, 0.15) is 19.4 Å². The standard InChI is InChI=1S/C13H22N4S/c1-5-17(10(2)9-16(3)4)12-7-6-11(8-15-12)13(14)18/h6-8,10H,5,9H2,1-4H3,(H2,14,18). The van der Waals surface area contributed by atoms with Crippen LogP contribution in [0.15, 0.2) is 18.3 Å². The topological polar surface area (TPSA) is 45.4 Å². The molecule has 2 N–H and O–H groups in total. The Bertz CT molecular complexity index is 388. The van der Waals surface area contributed by atoms with Crippen molar-refractivity contribution in [3.8, 4) is 0 Å². The molecule has 0 spiro atoms. The Morgan fingerprint density at radius 2 is 2.11 bits per heavy atom. The summed E-state index contributed by atoms with van der Waals surface area (Å²) in [7, 11) is 4.15. The lowest BCUT2D eigenvalue weighted by atomic mass is 10.2. The maximum Gasteiger partial charge on any atom is 0.128 e. The summed E-state index contributed by atoms with van der Waals surface area (Å²) >= 11 is 4.93. The second-order valence-corrected chi connectivity index (χ2v) is 5.11. The largest absolute Gasteiger partial charge is 0.389 e. The van der Waals surface area contributed by atoms with Crippen molar-refractivity contribution in [3.05, 3.63) is 23.9 Å². The van der Waals surface area contributed by atoms with Gasteiger partial charge in [-0.2, -0.15) is 0 Å². The molecule has 1 rings (SSSR count). The van der Waals surface area contributed by atoms with Crippen molar-refractivity contribution < 1.29 is 0 Å². The van der Waals surface area contributed by atoms with Crippen LogP contribution < -0.4 is 10.6 Å². The number of pyridine rings is 1. The van der Waals surface area contributed by atoms with Crippen molar-refractivity contribution in [2.75, 3.05) is 32.1 Å². The third-order valence-corrected chi connectivity index (χ3v) is 3.06. The molecule has 0 bridgehead atoms. The Balaban J connectivity index is 2.85. The van der Waals surface area contributed by atoms with E-state index in [1.54, 1.807) is 6.20 Å². The van der Waals surface area contributed by atoms with Gasteiger partial charge in [0.1, 0.15) is 10.8 Å². The zero-order valence-corrected chi connectivity index (χ0v) is 12.4. The first-order valence-electron chi connectivity index (χ1n) is 6.13. The molecule has 0 aromatic carbocycles. The molecule has 0 fully saturated rings. The van der Waals surface area contributed by atoms with Crippen LogP contribution >= 0.6 is 12.2 Å². The van der Waals surface area contributed by atoms with E-state index in [0.29, 0.717) is 11.0 Å². The maximum atomic E-state index is 5.57. The summed E-state index contributed by atoms with van der Waals surface area (Å²) in [4.78, 5) is 9.27. The van der Waals surface area contributed by atoms with Gasteiger partial charge in [-0.1, -0.05) is 12.2 Å². The van der Waals surface area contributed by atoms with Gasteiger partial charge < -0.3 is 15.5 Å². The van der Waals surface area contributed by atoms with Crippen LogP contribution in [0.4, 0.5) is 5.82 Å². The van der Waals surface area contributed by atoms with Crippen molar-refractivity contribution in [3.63, 3.8) is 0 Å². The molecule has 0 radical (unpaired) electrons. The fourth-order valence-electron chi connectivity index (χ4n) is 2.03. The highest BCUT2D eigenvalue weighted by atomic mass is 32.1. The van der Waals surface area contributed by atoms with Crippen molar-refractivity contribution in [1.82, 2.24) is 9.88 Å². The average molecular weight is 266 g/mol. The molecule has 100 valence electrons. The van der Waals surface area contributed by atoms with Crippen molar-refractivity contribution in [2.24, 2.45) is 5.73 Å². The van der Waals surface area contributed by atoms with E-state index in [1.807, 2.05) is 12.1 Å². The number of hydrogen-bond acceptors (Lipinski definition) is 4. The summed E-state index contributed by atoms with van der Waals surface area (Å²) in [6.45, 7) is 6.25. The number of nitrogens with zero attached hydrogens (tertiary/aromatic N) is 3. The number of hydrogen-bond donors (Lipinski definition) is 1. The Hall–Kier alpha value is -1.20. The van der Waals surface area contributed by atoms with Gasteiger partial charge in [-0.25, -0.2) is 4.98 Å². The van der Waals surface area contributed by atoms with E-state index in [0.717, 1.165) is 24.5 Å². The summed E-state index contributed by atoms with van der Waals surface area (Å²) < 4.78 is 0. The van der Waals surface area contributed by atoms with Crippen LogP contribution in [-0.4, -0.2) is 48.1 Å². The zero-order chi connectivity index (χ0) is 13.7. The summed E-state index contributed by atoms with van der Waals surface area (Å²) in [5.41, 5.74) is 6.38. The van der Waals surface area contributed by atoms with Gasteiger partial charge in [-0.05, 0) is 40.1 Å². The number of aromatic nitrogens is 1. The highest BCUT2D eigenvalue weighted by molar-refractivity contribution is 7.80. The second-order valence-electron chi connectivity index (χ2n) is 4.67. The first kappa shape index (κ1) is 14.9. The average Bonchev–Trinajstić information content (AvgIpc) is 2.29. The highest BCUT2D eigenvalue weighted by Gasteiger charge is 2.14. The molecular formula is C13H22N4S. The molecule has 1 heterocycles. The van der Waals surface area contributed by atoms with Crippen molar-refractivity contribution in [1.29, 1.82) is 0 Å². The molecule has 4 nitrogen and oxygen atoms in total. The molecule has 0 aliphatic heterocycles. The summed E-state index contributed by atoms with van der Waals surface area (Å²) in [5, 5.41) is 0. The second kappa shape index (κ2) is 6.66. The molecule has 5 heteroatoms. The minimum Gasteiger partial charge on any atom is -0.389 e. The normalized spacial score (nSPS) is 12.5. The van der Waals surface area contributed by atoms with Gasteiger partial charge in [0, 0.05) is 30.9 Å². The predicted octanol–water partition coefficient (Wildman–Crippen LogP) is 1.49. The van der Waals surface area contributed by atoms with Gasteiger partial charge in [0.15, 0.2) is 0 Å². The first-order valence-corrected chi connectivity index (χ1v) is 6.53. The molecule has 0 aliphatic carbocycles. The SMILES string of the molecule is CCN(c1ccc(C(N)=S)cn1)C(C)CN(C)C. The Labute approximate surface area is 115 Å². The summed E-state index contributed by atoms with van der Waals surface area (Å²) in [6.07, 6.45) is 1.74. The first-order chi connectivity index (χ1) is 8.45. The van der Waals surface area contributed by atoms with E-state index in [1.165, 1.54) is 0 Å². The van der Waals surface area contributed by atoms with Crippen LogP contribution in [0, 0.1) is 0 Å². The monoisotopic (exact) mass is 266 g/mol. The van der Waals surface area contributed by atoms with Crippen LogP contribution in [-0.2, 0) is 0 Å². The van der Waals surface area contributed by atoms with Gasteiger partial charge in [0.05, 0.1) is 0 Å². The highest BCUT2D eigenvalue weighted by Crippen LogP contribution is 2.14. The lowest BCUT2D eigenvalue weighted by molar-refractivity contribution is 0.372. The van der Waals surface area contributed by atoms with Crippen LogP contribution in [0.3, 0.4) is 0 Å². The number of nitrogens with two attached hydrogens (primary N) is 1. The molecule has 0 saturated carbocycles. The van der Waals surface area contributed by atoms with E-state index < -0.39 is 0 Å². The van der Waals surface area contributed by atoms with E-state index in [9.17, 15) is 0 Å². The third-order valence-electron chi connectivity index (χ3n) is 2.83. The molecule has 1 aromatic heterocycles. The fourth-order valence-corrected chi connectivity index (χ4v) is 2.15. The molecule has 0 saturated heterocycles. The zero-order valence-electron chi connectivity index (χ0n) is 11.6. The molecule has 0 aliphatic rings. The Morgan fingerprint density at radius 3 is 2.50 bits per heavy atom. The number of anilines is 1. The van der Waals surface area contributed by atoms with Crippen molar-refractivity contribution >= 4 is 23.0 Å². The molecule has 18 heavy (non-hydrogen) atoms. The predicted molar refractivity (Wildman–Crippen MR) is 81.2 cm³/mol. The lowest BCUT2D eigenvalue weighted by Gasteiger charge is -2.31. The van der Waals surface area contributed by atoms with E-state index in [-0.39, 0.29) is 0 Å². The number of likely N-dealkylation sites (N-methyl/N-ethyl adjacent to an activating group) is 2. The summed E-state index contributed by atoms with van der Waals surface area (Å²) in [5.74, 6) is 0.965. The Morgan fingerprint density at radius 1 is 1.44 bits per heavy atom. The van der Waals surface area contributed by atoms with E-state index >= 15 is 0 Å². The smallest absolute Gasteiger partial charge is 0.128 e. The molecule has 1 atom stereocenters. The number of rotatable bonds is 6. The van der Waals surface area contributed by atoms with Gasteiger partial charge in [-0.3, -0.25) is 0 Å². The molecule has 0 amide bonds. The quantitative estimate of drug-likeness (QED) is 0.791. The third kappa shape index (κ3) is 3.92. The van der Waals surface area contributed by atoms with Crippen LogP contribution in [0.5, 0.6) is 0 Å². The minimum absolute atomic E-state index is 0.387. The maximum absolute atomic E-state index is 5.57.